The van der Waals surface area contributed by atoms with Crippen molar-refractivity contribution in [2.75, 3.05) is 6.54 Å². The molecule has 1 saturated carbocycles. The Hall–Kier alpha value is -0.120. The molecule has 0 aromatic carbocycles. The number of hydrogen-bond acceptors (Lipinski definition) is 3. The molecular weight excluding hydrogens is 152 g/mol. The lowest BCUT2D eigenvalue weighted by Crippen LogP contribution is -2.47. The van der Waals surface area contributed by atoms with E-state index in [1.807, 2.05) is 6.92 Å². The molecule has 3 heteroatoms. The molecule has 4 N–H and O–H groups in total. The predicted molar refractivity (Wildman–Crippen MR) is 49.9 cm³/mol. The second-order valence-corrected chi connectivity index (χ2v) is 3.89. The minimum absolute atomic E-state index is 0.163. The van der Waals surface area contributed by atoms with Crippen molar-refractivity contribution >= 4 is 0 Å². The molecule has 0 heterocycles. The zero-order valence-corrected chi connectivity index (χ0v) is 8.01. The van der Waals surface area contributed by atoms with Crippen LogP contribution in [0.1, 0.15) is 33.1 Å². The highest BCUT2D eigenvalue weighted by molar-refractivity contribution is 4.97. The van der Waals surface area contributed by atoms with Crippen LogP contribution in [0.5, 0.6) is 0 Å². The Balaban J connectivity index is 2.48. The van der Waals surface area contributed by atoms with E-state index < -0.39 is 5.60 Å². The summed E-state index contributed by atoms with van der Waals surface area (Å²) in [7, 11) is 0. The fraction of sp³-hybridized carbons (Fsp3) is 1.00. The Morgan fingerprint density at radius 1 is 1.75 bits per heavy atom. The Morgan fingerprint density at radius 2 is 2.42 bits per heavy atom. The van der Waals surface area contributed by atoms with E-state index in [4.69, 9.17) is 5.73 Å². The minimum Gasteiger partial charge on any atom is -0.388 e. The van der Waals surface area contributed by atoms with Gasteiger partial charge < -0.3 is 16.2 Å². The number of hydrogen-bond donors (Lipinski definition) is 3. The fourth-order valence-corrected chi connectivity index (χ4v) is 1.98. The SMILES string of the molecule is CCNC(C)C1(O)CCC(N)C1. The zero-order valence-electron chi connectivity index (χ0n) is 8.01. The third kappa shape index (κ3) is 1.97. The third-order valence-electron chi connectivity index (χ3n) is 2.88. The van der Waals surface area contributed by atoms with Crippen molar-refractivity contribution in [3.05, 3.63) is 0 Å². The smallest absolute Gasteiger partial charge is 0.0812 e. The van der Waals surface area contributed by atoms with Gasteiger partial charge in [-0.2, -0.15) is 0 Å². The summed E-state index contributed by atoms with van der Waals surface area (Å²) in [5, 5.41) is 13.4. The quantitative estimate of drug-likeness (QED) is 0.571. The largest absolute Gasteiger partial charge is 0.388 e. The number of rotatable bonds is 3. The third-order valence-corrected chi connectivity index (χ3v) is 2.88. The van der Waals surface area contributed by atoms with Crippen LogP contribution in [0, 0.1) is 0 Å². The van der Waals surface area contributed by atoms with E-state index in [-0.39, 0.29) is 12.1 Å². The minimum atomic E-state index is -0.560. The van der Waals surface area contributed by atoms with Crippen LogP contribution < -0.4 is 11.1 Å². The molecule has 3 atom stereocenters. The first kappa shape index (κ1) is 9.96. The first-order valence-corrected chi connectivity index (χ1v) is 4.80. The standard InChI is InChI=1S/C9H20N2O/c1-3-11-7(2)9(12)5-4-8(10)6-9/h7-8,11-12H,3-6,10H2,1-2H3. The van der Waals surface area contributed by atoms with Gasteiger partial charge in [0.2, 0.25) is 0 Å². The van der Waals surface area contributed by atoms with Gasteiger partial charge in [0, 0.05) is 12.1 Å². The summed E-state index contributed by atoms with van der Waals surface area (Å²) in [6.45, 7) is 4.98. The molecule has 3 unspecified atom stereocenters. The van der Waals surface area contributed by atoms with Crippen LogP contribution in [-0.2, 0) is 0 Å². The number of aliphatic hydroxyl groups is 1. The maximum atomic E-state index is 10.1. The maximum Gasteiger partial charge on any atom is 0.0812 e. The first-order chi connectivity index (χ1) is 5.58. The van der Waals surface area contributed by atoms with Gasteiger partial charge in [-0.05, 0) is 32.7 Å². The molecule has 0 bridgehead atoms. The Morgan fingerprint density at radius 3 is 2.83 bits per heavy atom. The van der Waals surface area contributed by atoms with Crippen molar-refractivity contribution in [2.45, 2.75) is 50.8 Å². The molecule has 1 rings (SSSR count). The Kier molecular flexibility index (Phi) is 3.09. The molecular formula is C9H20N2O. The summed E-state index contributed by atoms with van der Waals surface area (Å²) in [5.74, 6) is 0. The van der Waals surface area contributed by atoms with E-state index in [9.17, 15) is 5.11 Å². The molecule has 1 fully saturated rings. The van der Waals surface area contributed by atoms with E-state index in [0.717, 1.165) is 25.8 Å². The molecule has 1 aliphatic rings. The molecule has 1 aliphatic carbocycles. The van der Waals surface area contributed by atoms with E-state index in [1.165, 1.54) is 0 Å². The molecule has 0 aliphatic heterocycles. The van der Waals surface area contributed by atoms with Gasteiger partial charge in [0.25, 0.3) is 0 Å². The van der Waals surface area contributed by atoms with Gasteiger partial charge in [-0.3, -0.25) is 0 Å². The highest BCUT2D eigenvalue weighted by Crippen LogP contribution is 2.31. The van der Waals surface area contributed by atoms with E-state index in [0.29, 0.717) is 0 Å². The summed E-state index contributed by atoms with van der Waals surface area (Å²) in [5.41, 5.74) is 5.20. The summed E-state index contributed by atoms with van der Waals surface area (Å²) in [6, 6.07) is 0.354. The van der Waals surface area contributed by atoms with E-state index in [1.54, 1.807) is 0 Å². The monoisotopic (exact) mass is 172 g/mol. The summed E-state index contributed by atoms with van der Waals surface area (Å²) >= 11 is 0. The van der Waals surface area contributed by atoms with Crippen LogP contribution in [0.3, 0.4) is 0 Å². The molecule has 0 aromatic rings. The molecule has 0 radical (unpaired) electrons. The van der Waals surface area contributed by atoms with Gasteiger partial charge in [-0.15, -0.1) is 0 Å². The van der Waals surface area contributed by atoms with Crippen LogP contribution in [0.25, 0.3) is 0 Å². The van der Waals surface area contributed by atoms with E-state index >= 15 is 0 Å². The van der Waals surface area contributed by atoms with Crippen LogP contribution in [0.2, 0.25) is 0 Å². The second-order valence-electron chi connectivity index (χ2n) is 3.89. The maximum absolute atomic E-state index is 10.1. The predicted octanol–water partition coefficient (Wildman–Crippen LogP) is 0.227. The highest BCUT2D eigenvalue weighted by Gasteiger charge is 2.39. The number of nitrogens with two attached hydrogens (primary N) is 1. The number of nitrogens with one attached hydrogen (secondary N) is 1. The lowest BCUT2D eigenvalue weighted by atomic mass is 9.93. The topological polar surface area (TPSA) is 58.3 Å². The zero-order chi connectivity index (χ0) is 9.19. The summed E-state index contributed by atoms with van der Waals surface area (Å²) < 4.78 is 0. The number of likely N-dealkylation sites (N-methyl/N-ethyl adjacent to an activating group) is 1. The van der Waals surface area contributed by atoms with Crippen molar-refractivity contribution < 1.29 is 5.11 Å². The molecule has 0 amide bonds. The normalized spacial score (nSPS) is 38.5. The van der Waals surface area contributed by atoms with Crippen molar-refractivity contribution in [1.29, 1.82) is 0 Å². The molecule has 72 valence electrons. The fourth-order valence-electron chi connectivity index (χ4n) is 1.98. The van der Waals surface area contributed by atoms with Crippen molar-refractivity contribution in [3.8, 4) is 0 Å². The van der Waals surface area contributed by atoms with Gasteiger partial charge in [-0.1, -0.05) is 6.92 Å². The Labute approximate surface area is 74.3 Å². The van der Waals surface area contributed by atoms with Crippen LogP contribution >= 0.6 is 0 Å². The first-order valence-electron chi connectivity index (χ1n) is 4.80. The van der Waals surface area contributed by atoms with Crippen LogP contribution in [-0.4, -0.2) is 29.3 Å². The lowest BCUT2D eigenvalue weighted by Gasteiger charge is -2.30. The molecule has 12 heavy (non-hydrogen) atoms. The summed E-state index contributed by atoms with van der Waals surface area (Å²) in [4.78, 5) is 0. The average molecular weight is 172 g/mol. The van der Waals surface area contributed by atoms with Gasteiger partial charge in [0.1, 0.15) is 0 Å². The summed E-state index contributed by atoms with van der Waals surface area (Å²) in [6.07, 6.45) is 2.52. The molecule has 3 nitrogen and oxygen atoms in total. The van der Waals surface area contributed by atoms with Crippen molar-refractivity contribution in [3.63, 3.8) is 0 Å². The van der Waals surface area contributed by atoms with E-state index in [2.05, 4.69) is 12.2 Å². The van der Waals surface area contributed by atoms with Crippen molar-refractivity contribution in [2.24, 2.45) is 5.73 Å². The molecule has 0 aromatic heterocycles. The lowest BCUT2D eigenvalue weighted by molar-refractivity contribution is 0.0135. The average Bonchev–Trinajstić information content (AvgIpc) is 2.33. The molecule has 0 saturated heterocycles. The highest BCUT2D eigenvalue weighted by atomic mass is 16.3. The van der Waals surface area contributed by atoms with Gasteiger partial charge in [-0.25, -0.2) is 0 Å². The Bertz CT molecular complexity index is 151. The molecule has 0 spiro atoms. The van der Waals surface area contributed by atoms with Crippen LogP contribution in [0.4, 0.5) is 0 Å². The van der Waals surface area contributed by atoms with Gasteiger partial charge >= 0.3 is 0 Å². The van der Waals surface area contributed by atoms with Crippen molar-refractivity contribution in [1.82, 2.24) is 5.32 Å². The van der Waals surface area contributed by atoms with Gasteiger partial charge in [0.05, 0.1) is 5.60 Å². The second kappa shape index (κ2) is 3.73. The van der Waals surface area contributed by atoms with Crippen LogP contribution in [0.15, 0.2) is 0 Å². The van der Waals surface area contributed by atoms with Gasteiger partial charge in [0.15, 0.2) is 0 Å².